The van der Waals surface area contributed by atoms with E-state index in [0.29, 0.717) is 6.42 Å². The topological polar surface area (TPSA) is 58.6 Å². The number of unbranched alkanes of at least 4 members (excludes halogenated alkanes) is 10. The summed E-state index contributed by atoms with van der Waals surface area (Å²) in [5.74, 6) is -0.425. The van der Waals surface area contributed by atoms with Gasteiger partial charge in [0.2, 0.25) is 5.91 Å². The first kappa shape index (κ1) is 25.9. The van der Waals surface area contributed by atoms with Crippen molar-refractivity contribution >= 4 is 11.9 Å². The number of hydrogen-bond acceptors (Lipinski definition) is 4. The molecule has 27 heavy (non-hydrogen) atoms. The van der Waals surface area contributed by atoms with Crippen LogP contribution in [0.25, 0.3) is 0 Å². The van der Waals surface area contributed by atoms with Crippen molar-refractivity contribution in [1.29, 1.82) is 0 Å². The number of carbonyl (C=O) groups excluding carboxylic acids is 2. The van der Waals surface area contributed by atoms with E-state index in [0.717, 1.165) is 51.6 Å². The molecule has 5 nitrogen and oxygen atoms in total. The molecule has 0 aliphatic heterocycles. The molecular formula is C22H44N2O3. The van der Waals surface area contributed by atoms with Crippen molar-refractivity contribution < 1.29 is 14.4 Å². The Morgan fingerprint density at radius 3 is 1.70 bits per heavy atom. The third-order valence-electron chi connectivity index (χ3n) is 4.69. The van der Waals surface area contributed by atoms with Crippen LogP contribution >= 0.6 is 0 Å². The van der Waals surface area contributed by atoms with Gasteiger partial charge in [0.25, 0.3) is 0 Å². The van der Waals surface area contributed by atoms with Crippen LogP contribution in [0.1, 0.15) is 111 Å². The lowest BCUT2D eigenvalue weighted by Crippen LogP contribution is -2.36. The largest absolute Gasteiger partial charge is 0.366 e. The molecule has 0 aromatic rings. The normalized spacial score (nSPS) is 11.0. The standard InChI is InChI=1S/C22H44N2O3/c1-4-7-10-11-12-13-14-15-16-17-21(25)23-20-22(26)27-24(18-8-5-2)19-9-6-3/h4-20H2,1-3H3,(H,23,25). The van der Waals surface area contributed by atoms with Crippen molar-refractivity contribution in [2.45, 2.75) is 111 Å². The van der Waals surface area contributed by atoms with Crippen LogP contribution in [0.4, 0.5) is 0 Å². The maximum Gasteiger partial charge on any atom is 0.344 e. The molecule has 0 heterocycles. The lowest BCUT2D eigenvalue weighted by molar-refractivity contribution is -0.190. The summed E-state index contributed by atoms with van der Waals surface area (Å²) in [6.07, 6.45) is 15.7. The first-order valence-corrected chi connectivity index (χ1v) is 11.4. The summed E-state index contributed by atoms with van der Waals surface area (Å²) in [7, 11) is 0. The van der Waals surface area contributed by atoms with Crippen molar-refractivity contribution in [3.63, 3.8) is 0 Å². The number of rotatable bonds is 19. The molecule has 0 atom stereocenters. The van der Waals surface area contributed by atoms with Gasteiger partial charge in [-0.3, -0.25) is 4.79 Å². The van der Waals surface area contributed by atoms with Gasteiger partial charge in [-0.1, -0.05) is 85.0 Å². The van der Waals surface area contributed by atoms with E-state index >= 15 is 0 Å². The number of amides is 1. The van der Waals surface area contributed by atoms with E-state index in [1.165, 1.54) is 44.9 Å². The average molecular weight is 385 g/mol. The summed E-state index contributed by atoms with van der Waals surface area (Å²) < 4.78 is 0. The van der Waals surface area contributed by atoms with Crippen LogP contribution in [0.15, 0.2) is 0 Å². The number of hydroxylamine groups is 2. The molecule has 0 aliphatic carbocycles. The Hall–Kier alpha value is -1.10. The highest BCUT2D eigenvalue weighted by molar-refractivity contribution is 5.81. The van der Waals surface area contributed by atoms with E-state index in [9.17, 15) is 9.59 Å². The minimum absolute atomic E-state index is 0.0367. The minimum Gasteiger partial charge on any atom is -0.366 e. The van der Waals surface area contributed by atoms with E-state index in [-0.39, 0.29) is 18.4 Å². The van der Waals surface area contributed by atoms with Gasteiger partial charge in [-0.15, -0.1) is 5.06 Å². The predicted molar refractivity (Wildman–Crippen MR) is 112 cm³/mol. The van der Waals surface area contributed by atoms with Crippen molar-refractivity contribution in [3.8, 4) is 0 Å². The lowest BCUT2D eigenvalue weighted by atomic mass is 10.1. The minimum atomic E-state index is -0.373. The monoisotopic (exact) mass is 384 g/mol. The zero-order valence-corrected chi connectivity index (χ0v) is 18.2. The Morgan fingerprint density at radius 2 is 1.19 bits per heavy atom. The molecular weight excluding hydrogens is 340 g/mol. The van der Waals surface area contributed by atoms with Gasteiger partial charge in [-0.2, -0.15) is 0 Å². The summed E-state index contributed by atoms with van der Waals surface area (Å²) in [5, 5.41) is 4.42. The van der Waals surface area contributed by atoms with Crippen molar-refractivity contribution in [3.05, 3.63) is 0 Å². The van der Waals surface area contributed by atoms with Crippen LogP contribution < -0.4 is 5.32 Å². The summed E-state index contributed by atoms with van der Waals surface area (Å²) >= 11 is 0. The SMILES string of the molecule is CCCCCCCCCCCC(=O)NCC(=O)ON(CCCC)CCCC. The van der Waals surface area contributed by atoms with Gasteiger partial charge in [-0.25, -0.2) is 4.79 Å². The molecule has 0 radical (unpaired) electrons. The zero-order valence-electron chi connectivity index (χ0n) is 18.2. The quantitative estimate of drug-likeness (QED) is 0.240. The third-order valence-corrected chi connectivity index (χ3v) is 4.69. The molecule has 0 saturated carbocycles. The Labute approximate surface area is 167 Å². The molecule has 0 saturated heterocycles. The van der Waals surface area contributed by atoms with Crippen molar-refractivity contribution in [2.75, 3.05) is 19.6 Å². The fourth-order valence-electron chi connectivity index (χ4n) is 2.90. The molecule has 1 amide bonds. The highest BCUT2D eigenvalue weighted by Crippen LogP contribution is 2.10. The maximum absolute atomic E-state index is 11.9. The Bertz CT molecular complexity index is 353. The smallest absolute Gasteiger partial charge is 0.344 e. The molecule has 0 bridgehead atoms. The summed E-state index contributed by atoms with van der Waals surface area (Å²) in [4.78, 5) is 29.2. The highest BCUT2D eigenvalue weighted by Gasteiger charge is 2.12. The number of carbonyl (C=O) groups is 2. The van der Waals surface area contributed by atoms with Gasteiger partial charge in [0.05, 0.1) is 0 Å². The van der Waals surface area contributed by atoms with Crippen LogP contribution in [0.3, 0.4) is 0 Å². The molecule has 0 aromatic carbocycles. The molecule has 0 rings (SSSR count). The highest BCUT2D eigenvalue weighted by atomic mass is 16.7. The van der Waals surface area contributed by atoms with Gasteiger partial charge < -0.3 is 10.2 Å². The zero-order chi connectivity index (χ0) is 20.2. The molecule has 0 spiro atoms. The lowest BCUT2D eigenvalue weighted by Gasteiger charge is -2.20. The molecule has 160 valence electrons. The molecule has 0 aromatic heterocycles. The predicted octanol–water partition coefficient (Wildman–Crippen LogP) is 5.38. The summed E-state index contributed by atoms with van der Waals surface area (Å²) in [6.45, 7) is 7.95. The van der Waals surface area contributed by atoms with Crippen LogP contribution in [-0.4, -0.2) is 36.6 Å². The third kappa shape index (κ3) is 18.0. The molecule has 5 heteroatoms. The molecule has 0 unspecified atom stereocenters. The van der Waals surface area contributed by atoms with Gasteiger partial charge in [-0.05, 0) is 19.3 Å². The van der Waals surface area contributed by atoms with E-state index in [1.54, 1.807) is 5.06 Å². The number of hydrogen-bond donors (Lipinski definition) is 1. The fourth-order valence-corrected chi connectivity index (χ4v) is 2.90. The Balaban J connectivity index is 3.69. The van der Waals surface area contributed by atoms with Crippen LogP contribution in [0.5, 0.6) is 0 Å². The molecule has 1 N–H and O–H groups in total. The number of nitrogens with zero attached hydrogens (tertiary/aromatic N) is 1. The second kappa shape index (κ2) is 19.7. The molecule has 0 fully saturated rings. The second-order valence-electron chi connectivity index (χ2n) is 7.45. The summed E-state index contributed by atoms with van der Waals surface area (Å²) in [5.41, 5.74) is 0. The van der Waals surface area contributed by atoms with Gasteiger partial charge in [0.15, 0.2) is 0 Å². The van der Waals surface area contributed by atoms with E-state index in [1.807, 2.05) is 0 Å². The van der Waals surface area contributed by atoms with E-state index < -0.39 is 0 Å². The first-order valence-electron chi connectivity index (χ1n) is 11.4. The Kier molecular flexibility index (Phi) is 18.9. The van der Waals surface area contributed by atoms with E-state index in [4.69, 9.17) is 4.84 Å². The van der Waals surface area contributed by atoms with Gasteiger partial charge in [0, 0.05) is 19.5 Å². The van der Waals surface area contributed by atoms with Crippen LogP contribution in [0, 0.1) is 0 Å². The number of nitrogens with one attached hydrogen (secondary N) is 1. The fraction of sp³-hybridized carbons (Fsp3) is 0.909. The van der Waals surface area contributed by atoms with Gasteiger partial charge >= 0.3 is 5.97 Å². The van der Waals surface area contributed by atoms with E-state index in [2.05, 4.69) is 26.1 Å². The van der Waals surface area contributed by atoms with Crippen molar-refractivity contribution in [1.82, 2.24) is 10.4 Å². The molecule has 0 aliphatic rings. The van der Waals surface area contributed by atoms with Crippen LogP contribution in [-0.2, 0) is 14.4 Å². The second-order valence-corrected chi connectivity index (χ2v) is 7.45. The van der Waals surface area contributed by atoms with Crippen LogP contribution in [0.2, 0.25) is 0 Å². The Morgan fingerprint density at radius 1 is 0.704 bits per heavy atom. The maximum atomic E-state index is 11.9. The van der Waals surface area contributed by atoms with Gasteiger partial charge in [0.1, 0.15) is 6.54 Å². The van der Waals surface area contributed by atoms with Crippen molar-refractivity contribution in [2.24, 2.45) is 0 Å². The summed E-state index contributed by atoms with van der Waals surface area (Å²) in [6, 6.07) is 0. The first-order chi connectivity index (χ1) is 13.1. The average Bonchev–Trinajstić information content (AvgIpc) is 2.67.